The molecule has 0 radical (unpaired) electrons. The predicted octanol–water partition coefficient (Wildman–Crippen LogP) is 3.63. The van der Waals surface area contributed by atoms with Gasteiger partial charge in [-0.1, -0.05) is 23.4 Å². The average molecular weight is 461 g/mol. The van der Waals surface area contributed by atoms with Crippen LogP contribution in [0.25, 0.3) is 11.4 Å². The van der Waals surface area contributed by atoms with Gasteiger partial charge in [0.05, 0.1) is 29.1 Å². The van der Waals surface area contributed by atoms with E-state index >= 15 is 0 Å². The first-order chi connectivity index (χ1) is 14.1. The predicted molar refractivity (Wildman–Crippen MR) is 106 cm³/mol. The Labute approximate surface area is 178 Å². The topological polar surface area (TPSA) is 86.9 Å². The second-order valence-corrected chi connectivity index (χ2v) is 7.47. The minimum Gasteiger partial charge on any atom is -0.479 e. The lowest BCUT2D eigenvalue weighted by Gasteiger charge is -2.11. The van der Waals surface area contributed by atoms with E-state index in [1.807, 2.05) is 0 Å². The third-order valence-electron chi connectivity index (χ3n) is 3.96. The van der Waals surface area contributed by atoms with Crippen molar-refractivity contribution in [1.29, 1.82) is 0 Å². The molecule has 0 unspecified atom stereocenters. The van der Waals surface area contributed by atoms with Crippen LogP contribution < -0.4 is 10.1 Å². The van der Waals surface area contributed by atoms with Crippen LogP contribution in [-0.2, 0) is 25.1 Å². The number of rotatable bonds is 6. The Hall–Kier alpha value is -2.73. The van der Waals surface area contributed by atoms with Crippen LogP contribution in [-0.4, -0.2) is 43.3 Å². The van der Waals surface area contributed by atoms with Crippen LogP contribution in [0.15, 0.2) is 29.6 Å². The third kappa shape index (κ3) is 4.70. The molecule has 1 aromatic carbocycles. The SMILES string of the molecule is COc1nn(C)cc1-c1nnc(SCC(=O)Nc2cc(C(F)(F)F)ccc2Cl)n1C. The number of aromatic nitrogens is 5. The van der Waals surface area contributed by atoms with Crippen molar-refractivity contribution >= 4 is 35.0 Å². The number of thioether (sulfide) groups is 1. The molecule has 2 aromatic heterocycles. The number of halogens is 4. The molecule has 160 valence electrons. The Balaban J connectivity index is 1.70. The molecule has 0 bridgehead atoms. The highest BCUT2D eigenvalue weighted by Gasteiger charge is 2.31. The van der Waals surface area contributed by atoms with Gasteiger partial charge >= 0.3 is 6.18 Å². The van der Waals surface area contributed by atoms with Crippen molar-refractivity contribution < 1.29 is 22.7 Å². The average Bonchev–Trinajstić information content (AvgIpc) is 3.22. The van der Waals surface area contributed by atoms with Gasteiger partial charge in [-0.25, -0.2) is 0 Å². The summed E-state index contributed by atoms with van der Waals surface area (Å²) in [5, 5.41) is 15.1. The number of carbonyl (C=O) groups excluding carboxylic acids is 1. The lowest BCUT2D eigenvalue weighted by molar-refractivity contribution is -0.137. The van der Waals surface area contributed by atoms with Gasteiger partial charge in [0.2, 0.25) is 11.8 Å². The van der Waals surface area contributed by atoms with E-state index in [0.717, 1.165) is 30.0 Å². The molecule has 3 rings (SSSR count). The summed E-state index contributed by atoms with van der Waals surface area (Å²) in [7, 11) is 4.94. The molecule has 0 spiro atoms. The zero-order chi connectivity index (χ0) is 22.1. The second-order valence-electron chi connectivity index (χ2n) is 6.12. The zero-order valence-corrected chi connectivity index (χ0v) is 17.6. The van der Waals surface area contributed by atoms with E-state index in [4.69, 9.17) is 16.3 Å². The van der Waals surface area contributed by atoms with Crippen LogP contribution in [0.4, 0.5) is 18.9 Å². The molecule has 0 aliphatic rings. The number of anilines is 1. The Morgan fingerprint density at radius 1 is 1.30 bits per heavy atom. The van der Waals surface area contributed by atoms with Gasteiger partial charge in [-0.3, -0.25) is 9.48 Å². The maximum absolute atomic E-state index is 12.9. The van der Waals surface area contributed by atoms with Crippen LogP contribution in [0.3, 0.4) is 0 Å². The number of nitrogens with one attached hydrogen (secondary N) is 1. The van der Waals surface area contributed by atoms with E-state index in [-0.39, 0.29) is 16.5 Å². The Morgan fingerprint density at radius 2 is 2.03 bits per heavy atom. The van der Waals surface area contributed by atoms with Crippen molar-refractivity contribution in [3.8, 4) is 17.3 Å². The van der Waals surface area contributed by atoms with Gasteiger partial charge in [0.15, 0.2) is 11.0 Å². The van der Waals surface area contributed by atoms with Gasteiger partial charge in [-0.15, -0.1) is 15.3 Å². The summed E-state index contributed by atoms with van der Waals surface area (Å²) >= 11 is 6.97. The quantitative estimate of drug-likeness (QED) is 0.565. The molecule has 0 saturated carbocycles. The van der Waals surface area contributed by atoms with Gasteiger partial charge in [-0.05, 0) is 18.2 Å². The molecule has 30 heavy (non-hydrogen) atoms. The summed E-state index contributed by atoms with van der Waals surface area (Å²) in [6, 6.07) is 2.73. The Morgan fingerprint density at radius 3 is 2.70 bits per heavy atom. The summed E-state index contributed by atoms with van der Waals surface area (Å²) in [6.07, 6.45) is -2.82. The molecular weight excluding hydrogens is 445 g/mol. The number of methoxy groups -OCH3 is 1. The molecule has 0 atom stereocenters. The highest BCUT2D eigenvalue weighted by atomic mass is 35.5. The lowest BCUT2D eigenvalue weighted by Crippen LogP contribution is -2.16. The first kappa shape index (κ1) is 22.0. The number of hydrogen-bond donors (Lipinski definition) is 1. The molecule has 3 aromatic rings. The normalized spacial score (nSPS) is 11.6. The molecule has 0 saturated heterocycles. The van der Waals surface area contributed by atoms with Crippen molar-refractivity contribution in [3.05, 3.63) is 35.0 Å². The molecule has 1 amide bonds. The van der Waals surface area contributed by atoms with E-state index in [1.54, 1.807) is 29.5 Å². The van der Waals surface area contributed by atoms with E-state index in [9.17, 15) is 18.0 Å². The smallest absolute Gasteiger partial charge is 0.416 e. The number of aryl methyl sites for hydroxylation is 1. The number of nitrogens with zero attached hydrogens (tertiary/aromatic N) is 5. The van der Waals surface area contributed by atoms with Crippen molar-refractivity contribution in [3.63, 3.8) is 0 Å². The van der Waals surface area contributed by atoms with Crippen LogP contribution in [0, 0.1) is 0 Å². The molecule has 8 nitrogen and oxygen atoms in total. The van der Waals surface area contributed by atoms with Gasteiger partial charge in [0, 0.05) is 20.3 Å². The summed E-state index contributed by atoms with van der Waals surface area (Å²) in [5.41, 5.74) is -0.392. The number of carbonyl (C=O) groups is 1. The molecule has 2 heterocycles. The first-order valence-corrected chi connectivity index (χ1v) is 9.73. The minimum atomic E-state index is -4.54. The number of alkyl halides is 3. The highest BCUT2D eigenvalue weighted by molar-refractivity contribution is 7.99. The maximum Gasteiger partial charge on any atom is 0.416 e. The standard InChI is InChI=1S/C17H16ClF3N6O2S/c1-26-7-10(15(25-26)29-3)14-23-24-16(27(14)2)30-8-13(28)22-12-6-9(17(19,20)21)4-5-11(12)18/h4-7H,8H2,1-3H3,(H,22,28). The van der Waals surface area contributed by atoms with E-state index in [0.29, 0.717) is 22.4 Å². The Bertz CT molecular complexity index is 1080. The summed E-state index contributed by atoms with van der Waals surface area (Å²) in [5.74, 6) is 0.220. The van der Waals surface area contributed by atoms with Crippen LogP contribution in [0.1, 0.15) is 5.56 Å². The molecular formula is C17H16ClF3N6O2S. The fraction of sp³-hybridized carbons (Fsp3) is 0.294. The second kappa shape index (κ2) is 8.56. The molecule has 1 N–H and O–H groups in total. The maximum atomic E-state index is 12.9. The lowest BCUT2D eigenvalue weighted by atomic mass is 10.2. The number of ether oxygens (including phenoxy) is 1. The minimum absolute atomic E-state index is 0.00553. The van der Waals surface area contributed by atoms with Crippen LogP contribution >= 0.6 is 23.4 Å². The fourth-order valence-electron chi connectivity index (χ4n) is 2.56. The number of hydrogen-bond acceptors (Lipinski definition) is 6. The summed E-state index contributed by atoms with van der Waals surface area (Å²) in [6.45, 7) is 0. The first-order valence-electron chi connectivity index (χ1n) is 8.37. The van der Waals surface area contributed by atoms with Gasteiger partial charge in [0.1, 0.15) is 5.56 Å². The highest BCUT2D eigenvalue weighted by Crippen LogP contribution is 2.34. The van der Waals surface area contributed by atoms with Gasteiger partial charge in [0.25, 0.3) is 0 Å². The monoisotopic (exact) mass is 460 g/mol. The molecule has 13 heteroatoms. The molecule has 0 fully saturated rings. The van der Waals surface area contributed by atoms with Crippen molar-refractivity contribution in [2.24, 2.45) is 14.1 Å². The Kier molecular flexibility index (Phi) is 6.27. The van der Waals surface area contributed by atoms with Gasteiger partial charge < -0.3 is 14.6 Å². The fourth-order valence-corrected chi connectivity index (χ4v) is 3.44. The van der Waals surface area contributed by atoms with Crippen molar-refractivity contribution in [2.75, 3.05) is 18.2 Å². The summed E-state index contributed by atoms with van der Waals surface area (Å²) < 4.78 is 47.0. The summed E-state index contributed by atoms with van der Waals surface area (Å²) in [4.78, 5) is 12.2. The number of amides is 1. The number of benzene rings is 1. The van der Waals surface area contributed by atoms with Crippen LogP contribution in [0.5, 0.6) is 5.88 Å². The van der Waals surface area contributed by atoms with Gasteiger partial charge in [-0.2, -0.15) is 13.2 Å². The van der Waals surface area contributed by atoms with Crippen molar-refractivity contribution in [1.82, 2.24) is 24.5 Å². The van der Waals surface area contributed by atoms with E-state index in [2.05, 4.69) is 20.6 Å². The van der Waals surface area contributed by atoms with E-state index < -0.39 is 17.6 Å². The molecule has 0 aliphatic heterocycles. The third-order valence-corrected chi connectivity index (χ3v) is 5.31. The van der Waals surface area contributed by atoms with Crippen LogP contribution in [0.2, 0.25) is 5.02 Å². The van der Waals surface area contributed by atoms with Crippen molar-refractivity contribution in [2.45, 2.75) is 11.3 Å². The van der Waals surface area contributed by atoms with E-state index in [1.165, 1.54) is 7.11 Å². The molecule has 0 aliphatic carbocycles. The zero-order valence-electron chi connectivity index (χ0n) is 16.0. The largest absolute Gasteiger partial charge is 0.479 e.